The van der Waals surface area contributed by atoms with Crippen molar-refractivity contribution in [3.05, 3.63) is 29.0 Å². The van der Waals surface area contributed by atoms with Gasteiger partial charge in [0.25, 0.3) is 0 Å². The number of hydrogen-bond donors (Lipinski definition) is 1. The van der Waals surface area contributed by atoms with Crippen LogP contribution >= 0.6 is 11.6 Å². The van der Waals surface area contributed by atoms with Gasteiger partial charge in [-0.2, -0.15) is 0 Å². The van der Waals surface area contributed by atoms with E-state index < -0.39 is 10.8 Å². The van der Waals surface area contributed by atoms with E-state index >= 15 is 0 Å². The Morgan fingerprint density at radius 1 is 1.56 bits per heavy atom. The molecule has 0 spiro atoms. The third kappa shape index (κ3) is 3.27. The van der Waals surface area contributed by atoms with Gasteiger partial charge in [0.15, 0.2) is 0 Å². The second-order valence-electron chi connectivity index (χ2n) is 3.98. The Bertz CT molecular complexity index is 363. The minimum absolute atomic E-state index is 0.282. The SMILES string of the molecule is O=[S@@](Cc1ccc(Cl)nc1)[C@@H]1CCCNC1. The molecule has 88 valence electrons. The van der Waals surface area contributed by atoms with Crippen LogP contribution in [0.2, 0.25) is 5.15 Å². The van der Waals surface area contributed by atoms with Crippen molar-refractivity contribution >= 4 is 22.4 Å². The van der Waals surface area contributed by atoms with Gasteiger partial charge < -0.3 is 5.32 Å². The van der Waals surface area contributed by atoms with Crippen molar-refractivity contribution in [2.75, 3.05) is 13.1 Å². The first kappa shape index (κ1) is 12.0. The number of halogens is 1. The van der Waals surface area contributed by atoms with Crippen LogP contribution in [0.3, 0.4) is 0 Å². The van der Waals surface area contributed by atoms with Gasteiger partial charge in [-0.25, -0.2) is 4.98 Å². The lowest BCUT2D eigenvalue weighted by molar-refractivity contribution is 0.519. The molecule has 5 heteroatoms. The van der Waals surface area contributed by atoms with E-state index in [0.717, 1.165) is 31.5 Å². The maximum absolute atomic E-state index is 12.1. The molecule has 1 aliphatic heterocycles. The monoisotopic (exact) mass is 258 g/mol. The Morgan fingerprint density at radius 2 is 2.44 bits per heavy atom. The molecule has 1 aromatic heterocycles. The lowest BCUT2D eigenvalue weighted by Crippen LogP contribution is -2.36. The first-order valence-electron chi connectivity index (χ1n) is 5.44. The molecular formula is C11H15ClN2OS. The van der Waals surface area contributed by atoms with Crippen LogP contribution < -0.4 is 5.32 Å². The third-order valence-electron chi connectivity index (χ3n) is 2.72. The summed E-state index contributed by atoms with van der Waals surface area (Å²) < 4.78 is 12.1. The number of nitrogens with one attached hydrogen (secondary N) is 1. The highest BCUT2D eigenvalue weighted by molar-refractivity contribution is 7.84. The average molecular weight is 259 g/mol. The lowest BCUT2D eigenvalue weighted by Gasteiger charge is -2.21. The third-order valence-corrected chi connectivity index (χ3v) is 4.71. The van der Waals surface area contributed by atoms with E-state index in [-0.39, 0.29) is 5.25 Å². The van der Waals surface area contributed by atoms with E-state index in [2.05, 4.69) is 10.3 Å². The second kappa shape index (κ2) is 5.75. The normalized spacial score (nSPS) is 22.9. The molecule has 2 atom stereocenters. The fourth-order valence-electron chi connectivity index (χ4n) is 1.82. The molecule has 0 amide bonds. The van der Waals surface area contributed by atoms with E-state index in [9.17, 15) is 4.21 Å². The number of piperidine rings is 1. The molecule has 0 radical (unpaired) electrons. The van der Waals surface area contributed by atoms with Gasteiger partial charge in [-0.05, 0) is 31.0 Å². The fourth-order valence-corrected chi connectivity index (χ4v) is 3.40. The molecule has 1 N–H and O–H groups in total. The Balaban J connectivity index is 1.93. The topological polar surface area (TPSA) is 42.0 Å². The molecule has 1 aliphatic rings. The van der Waals surface area contributed by atoms with Crippen LogP contribution in [-0.2, 0) is 16.6 Å². The highest BCUT2D eigenvalue weighted by Gasteiger charge is 2.19. The second-order valence-corrected chi connectivity index (χ2v) is 6.09. The predicted octanol–water partition coefficient (Wildman–Crippen LogP) is 1.74. The van der Waals surface area contributed by atoms with E-state index in [1.807, 2.05) is 6.07 Å². The Hall–Kier alpha value is -0.450. The van der Waals surface area contributed by atoms with Crippen molar-refractivity contribution in [3.8, 4) is 0 Å². The van der Waals surface area contributed by atoms with E-state index in [1.165, 1.54) is 0 Å². The molecule has 3 nitrogen and oxygen atoms in total. The van der Waals surface area contributed by atoms with Crippen molar-refractivity contribution < 1.29 is 4.21 Å². The van der Waals surface area contributed by atoms with Crippen molar-refractivity contribution in [1.29, 1.82) is 0 Å². The van der Waals surface area contributed by atoms with Crippen LogP contribution in [-0.4, -0.2) is 27.5 Å². The van der Waals surface area contributed by atoms with E-state index in [4.69, 9.17) is 11.6 Å². The van der Waals surface area contributed by atoms with Gasteiger partial charge in [0.2, 0.25) is 0 Å². The maximum Gasteiger partial charge on any atom is 0.129 e. The predicted molar refractivity (Wildman–Crippen MR) is 67.0 cm³/mol. The van der Waals surface area contributed by atoms with Crippen molar-refractivity contribution in [1.82, 2.24) is 10.3 Å². The molecule has 0 aliphatic carbocycles. The minimum Gasteiger partial charge on any atom is -0.316 e. The van der Waals surface area contributed by atoms with Crippen molar-refractivity contribution in [2.24, 2.45) is 0 Å². The van der Waals surface area contributed by atoms with Crippen molar-refractivity contribution in [2.45, 2.75) is 23.8 Å². The van der Waals surface area contributed by atoms with Gasteiger partial charge in [-0.3, -0.25) is 4.21 Å². The van der Waals surface area contributed by atoms with E-state index in [1.54, 1.807) is 12.3 Å². The highest BCUT2D eigenvalue weighted by Crippen LogP contribution is 2.14. The smallest absolute Gasteiger partial charge is 0.129 e. The van der Waals surface area contributed by atoms with Crippen LogP contribution in [0.25, 0.3) is 0 Å². The molecule has 1 fully saturated rings. The largest absolute Gasteiger partial charge is 0.316 e. The zero-order valence-corrected chi connectivity index (χ0v) is 10.6. The van der Waals surface area contributed by atoms with Crippen LogP contribution in [0.15, 0.2) is 18.3 Å². The van der Waals surface area contributed by atoms with Crippen LogP contribution in [0.5, 0.6) is 0 Å². The molecule has 0 unspecified atom stereocenters. The summed E-state index contributed by atoms with van der Waals surface area (Å²) in [6.07, 6.45) is 3.88. The number of nitrogens with zero attached hydrogens (tertiary/aromatic N) is 1. The maximum atomic E-state index is 12.1. The lowest BCUT2D eigenvalue weighted by atomic mass is 10.2. The summed E-state index contributed by atoms with van der Waals surface area (Å²) in [5, 5.41) is 4.04. The van der Waals surface area contributed by atoms with Gasteiger partial charge in [-0.1, -0.05) is 17.7 Å². The Morgan fingerprint density at radius 3 is 3.06 bits per heavy atom. The number of hydrogen-bond acceptors (Lipinski definition) is 3. The van der Waals surface area contributed by atoms with E-state index in [0.29, 0.717) is 10.9 Å². The summed E-state index contributed by atoms with van der Waals surface area (Å²) in [7, 11) is -0.810. The molecule has 16 heavy (non-hydrogen) atoms. The summed E-state index contributed by atoms with van der Waals surface area (Å²) in [4.78, 5) is 3.99. The van der Waals surface area contributed by atoms with Crippen LogP contribution in [0.4, 0.5) is 0 Å². The van der Waals surface area contributed by atoms with Gasteiger partial charge >= 0.3 is 0 Å². The Labute approximate surface area is 103 Å². The molecular weight excluding hydrogens is 244 g/mol. The van der Waals surface area contributed by atoms with Crippen LogP contribution in [0, 0.1) is 0 Å². The molecule has 2 heterocycles. The fraction of sp³-hybridized carbons (Fsp3) is 0.545. The molecule has 0 bridgehead atoms. The number of aromatic nitrogens is 1. The summed E-state index contributed by atoms with van der Waals surface area (Å²) in [5.74, 6) is 0.580. The molecule has 0 saturated carbocycles. The summed E-state index contributed by atoms with van der Waals surface area (Å²) in [5.41, 5.74) is 0.994. The molecule has 0 aromatic carbocycles. The van der Waals surface area contributed by atoms with Crippen LogP contribution in [0.1, 0.15) is 18.4 Å². The van der Waals surface area contributed by atoms with Gasteiger partial charge in [0.05, 0.1) is 5.75 Å². The summed E-state index contributed by atoms with van der Waals surface area (Å²) in [6, 6.07) is 3.64. The first-order chi connectivity index (χ1) is 7.75. The molecule has 1 saturated heterocycles. The van der Waals surface area contributed by atoms with Gasteiger partial charge in [-0.15, -0.1) is 0 Å². The zero-order chi connectivity index (χ0) is 11.4. The summed E-state index contributed by atoms with van der Waals surface area (Å²) >= 11 is 5.70. The van der Waals surface area contributed by atoms with Gasteiger partial charge in [0.1, 0.15) is 5.15 Å². The first-order valence-corrected chi connectivity index (χ1v) is 7.20. The molecule has 2 rings (SSSR count). The standard InChI is InChI=1S/C11H15ClN2OS/c12-11-4-3-9(6-14-11)8-16(15)10-2-1-5-13-7-10/h3-4,6,10,13H,1-2,5,7-8H2/t10-,16+/m1/s1. The minimum atomic E-state index is -0.810. The molecule has 1 aromatic rings. The number of rotatable bonds is 3. The Kier molecular flexibility index (Phi) is 4.32. The average Bonchev–Trinajstić information content (AvgIpc) is 2.33. The number of pyridine rings is 1. The van der Waals surface area contributed by atoms with Gasteiger partial charge in [0, 0.05) is 28.8 Å². The highest BCUT2D eigenvalue weighted by atomic mass is 35.5. The quantitative estimate of drug-likeness (QED) is 0.840. The summed E-state index contributed by atoms with van der Waals surface area (Å²) in [6.45, 7) is 1.92. The van der Waals surface area contributed by atoms with Crippen molar-refractivity contribution in [3.63, 3.8) is 0 Å². The zero-order valence-electron chi connectivity index (χ0n) is 8.99.